The number of benzene rings is 3. The predicted molar refractivity (Wildman–Crippen MR) is 125 cm³/mol. The first-order valence-electron chi connectivity index (χ1n) is 9.99. The normalized spacial score (nSPS) is 14.9. The van der Waals surface area contributed by atoms with E-state index in [2.05, 4.69) is 15.1 Å². The average Bonchev–Trinajstić information content (AvgIpc) is 3.10. The first-order chi connectivity index (χ1) is 15.8. The number of nitrogens with one attached hydrogen (secondary N) is 2. The van der Waals surface area contributed by atoms with Crippen LogP contribution in [0.15, 0.2) is 101 Å². The number of hydrogen-bond donors (Lipinski definition) is 2. The summed E-state index contributed by atoms with van der Waals surface area (Å²) in [6.45, 7) is 1.36. The Labute approximate surface area is 191 Å². The Bertz CT molecular complexity index is 1350. The second kappa shape index (κ2) is 9.19. The standard InChI is InChI=1S/C24H20N4O4S/c1-17(29)25-20-12-14-21(15-13-20)33(31,32)27-28-23(19-10-6-3-7-11-19)26-22(24(28)30)16-18-8-4-2-5-9-18/h2-16,27H,1H3,(H,25,29). The van der Waals surface area contributed by atoms with Crippen LogP contribution in [0.1, 0.15) is 18.1 Å². The quantitative estimate of drug-likeness (QED) is 0.551. The summed E-state index contributed by atoms with van der Waals surface area (Å²) in [5.74, 6) is -0.704. The van der Waals surface area contributed by atoms with E-state index in [1.54, 1.807) is 30.3 Å². The molecule has 0 bridgehead atoms. The van der Waals surface area contributed by atoms with E-state index in [-0.39, 0.29) is 22.3 Å². The zero-order chi connectivity index (χ0) is 23.4. The molecule has 0 saturated heterocycles. The number of nitrogens with zero attached hydrogens (tertiary/aromatic N) is 2. The summed E-state index contributed by atoms with van der Waals surface area (Å²) in [4.78, 5) is 31.0. The lowest BCUT2D eigenvalue weighted by atomic mass is 10.2. The van der Waals surface area contributed by atoms with Crippen LogP contribution in [0.5, 0.6) is 0 Å². The van der Waals surface area contributed by atoms with Gasteiger partial charge in [0.25, 0.3) is 15.9 Å². The van der Waals surface area contributed by atoms with Crippen molar-refractivity contribution >= 4 is 39.4 Å². The van der Waals surface area contributed by atoms with Crippen molar-refractivity contribution in [2.24, 2.45) is 4.99 Å². The maximum atomic E-state index is 13.1. The number of rotatable bonds is 6. The molecule has 1 heterocycles. The Kier molecular flexibility index (Phi) is 6.16. The second-order valence-electron chi connectivity index (χ2n) is 7.18. The maximum Gasteiger partial charge on any atom is 0.293 e. The first-order valence-corrected chi connectivity index (χ1v) is 11.5. The lowest BCUT2D eigenvalue weighted by molar-refractivity contribution is -0.123. The number of hydrogen-bond acceptors (Lipinski definition) is 5. The van der Waals surface area contributed by atoms with Gasteiger partial charge in [-0.25, -0.2) is 18.4 Å². The highest BCUT2D eigenvalue weighted by Crippen LogP contribution is 2.22. The number of carbonyl (C=O) groups is 2. The highest BCUT2D eigenvalue weighted by molar-refractivity contribution is 7.89. The van der Waals surface area contributed by atoms with Crippen molar-refractivity contribution in [2.75, 3.05) is 5.32 Å². The third-order valence-corrected chi connectivity index (χ3v) is 6.01. The Hall–Kier alpha value is -4.08. The summed E-state index contributed by atoms with van der Waals surface area (Å²) in [6, 6.07) is 23.6. The number of carbonyl (C=O) groups excluding carboxylic acids is 2. The van der Waals surface area contributed by atoms with Gasteiger partial charge in [-0.15, -0.1) is 4.83 Å². The molecule has 2 amide bonds. The van der Waals surface area contributed by atoms with Crippen molar-refractivity contribution in [3.63, 3.8) is 0 Å². The van der Waals surface area contributed by atoms with E-state index in [1.807, 2.05) is 36.4 Å². The molecule has 1 aliphatic rings. The topological polar surface area (TPSA) is 108 Å². The Balaban J connectivity index is 1.67. The van der Waals surface area contributed by atoms with E-state index >= 15 is 0 Å². The van der Waals surface area contributed by atoms with Crippen LogP contribution >= 0.6 is 0 Å². The summed E-state index contributed by atoms with van der Waals surface area (Å²) in [5.41, 5.74) is 1.89. The SMILES string of the molecule is CC(=O)Nc1ccc(S(=O)(=O)NN2C(=O)C(=Cc3ccccc3)N=C2c2ccccc2)cc1. The number of amidine groups is 1. The van der Waals surface area contributed by atoms with Crippen molar-refractivity contribution in [1.82, 2.24) is 9.84 Å². The summed E-state index contributed by atoms with van der Waals surface area (Å²) >= 11 is 0. The smallest absolute Gasteiger partial charge is 0.293 e. The molecule has 0 aliphatic carbocycles. The molecule has 8 nitrogen and oxygen atoms in total. The highest BCUT2D eigenvalue weighted by Gasteiger charge is 2.34. The van der Waals surface area contributed by atoms with E-state index in [9.17, 15) is 18.0 Å². The molecule has 0 fully saturated rings. The number of anilines is 1. The number of hydrazine groups is 1. The van der Waals surface area contributed by atoms with Crippen LogP contribution in [0.3, 0.4) is 0 Å². The van der Waals surface area contributed by atoms with Gasteiger partial charge in [0.05, 0.1) is 4.90 Å². The summed E-state index contributed by atoms with van der Waals surface area (Å²) in [7, 11) is -4.12. The fraction of sp³-hybridized carbons (Fsp3) is 0.0417. The molecular formula is C24H20N4O4S. The summed E-state index contributed by atoms with van der Waals surface area (Å²) in [5, 5.41) is 3.51. The van der Waals surface area contributed by atoms with Gasteiger partial charge >= 0.3 is 0 Å². The van der Waals surface area contributed by atoms with Gasteiger partial charge in [0.15, 0.2) is 5.84 Å². The van der Waals surface area contributed by atoms with Crippen LogP contribution in [-0.4, -0.2) is 31.1 Å². The van der Waals surface area contributed by atoms with Crippen LogP contribution in [0, 0.1) is 0 Å². The highest BCUT2D eigenvalue weighted by atomic mass is 32.2. The molecule has 0 unspecified atom stereocenters. The monoisotopic (exact) mass is 460 g/mol. The van der Waals surface area contributed by atoms with E-state index in [0.29, 0.717) is 11.3 Å². The first kappa shape index (κ1) is 22.1. The average molecular weight is 461 g/mol. The van der Waals surface area contributed by atoms with Crippen molar-refractivity contribution in [3.8, 4) is 0 Å². The van der Waals surface area contributed by atoms with Gasteiger partial charge in [0.1, 0.15) is 5.70 Å². The van der Waals surface area contributed by atoms with Gasteiger partial charge < -0.3 is 5.32 Å². The lowest BCUT2D eigenvalue weighted by Crippen LogP contribution is -2.47. The van der Waals surface area contributed by atoms with Gasteiger partial charge in [-0.1, -0.05) is 60.7 Å². The van der Waals surface area contributed by atoms with Gasteiger partial charge in [0, 0.05) is 18.2 Å². The van der Waals surface area contributed by atoms with Crippen LogP contribution < -0.4 is 10.1 Å². The predicted octanol–water partition coefficient (Wildman–Crippen LogP) is 3.17. The molecule has 3 aromatic carbocycles. The molecule has 0 spiro atoms. The van der Waals surface area contributed by atoms with E-state index in [0.717, 1.165) is 10.6 Å². The molecular weight excluding hydrogens is 440 g/mol. The molecule has 3 aromatic rings. The fourth-order valence-corrected chi connectivity index (χ4v) is 4.19. The lowest BCUT2D eigenvalue weighted by Gasteiger charge is -2.19. The molecule has 9 heteroatoms. The van der Waals surface area contributed by atoms with Gasteiger partial charge in [-0.05, 0) is 35.9 Å². The molecule has 0 saturated carbocycles. The van der Waals surface area contributed by atoms with Gasteiger partial charge in [-0.3, -0.25) is 9.59 Å². The van der Waals surface area contributed by atoms with Gasteiger partial charge in [0.2, 0.25) is 5.91 Å². The van der Waals surface area contributed by atoms with Crippen molar-refractivity contribution in [2.45, 2.75) is 11.8 Å². The van der Waals surface area contributed by atoms with Crippen LogP contribution in [-0.2, 0) is 19.6 Å². The minimum absolute atomic E-state index is 0.0719. The molecule has 1 aliphatic heterocycles. The zero-order valence-electron chi connectivity index (χ0n) is 17.6. The van der Waals surface area contributed by atoms with E-state index in [4.69, 9.17) is 0 Å². The molecule has 33 heavy (non-hydrogen) atoms. The summed E-state index contributed by atoms with van der Waals surface area (Å²) in [6.07, 6.45) is 1.60. The third kappa shape index (κ3) is 5.05. The van der Waals surface area contributed by atoms with Crippen molar-refractivity contribution in [3.05, 3.63) is 102 Å². The van der Waals surface area contributed by atoms with Crippen molar-refractivity contribution < 1.29 is 18.0 Å². The number of amides is 2. The Morgan fingerprint density at radius 3 is 2.12 bits per heavy atom. The van der Waals surface area contributed by atoms with Crippen molar-refractivity contribution in [1.29, 1.82) is 0 Å². The van der Waals surface area contributed by atoms with Crippen LogP contribution in [0.4, 0.5) is 5.69 Å². The zero-order valence-corrected chi connectivity index (χ0v) is 18.4. The Morgan fingerprint density at radius 1 is 0.909 bits per heavy atom. The number of aliphatic imine (C=N–C) groups is 1. The summed E-state index contributed by atoms with van der Waals surface area (Å²) < 4.78 is 26.1. The third-order valence-electron chi connectivity index (χ3n) is 4.69. The van der Waals surface area contributed by atoms with Crippen LogP contribution in [0.2, 0.25) is 0 Å². The van der Waals surface area contributed by atoms with E-state index < -0.39 is 15.9 Å². The van der Waals surface area contributed by atoms with Crippen LogP contribution in [0.25, 0.3) is 6.08 Å². The molecule has 166 valence electrons. The second-order valence-corrected chi connectivity index (χ2v) is 8.84. The molecule has 0 atom stereocenters. The van der Waals surface area contributed by atoms with Gasteiger partial charge in [-0.2, -0.15) is 0 Å². The molecule has 2 N–H and O–H groups in total. The largest absolute Gasteiger partial charge is 0.326 e. The van der Waals surface area contributed by atoms with E-state index in [1.165, 1.54) is 31.2 Å². The molecule has 0 radical (unpaired) electrons. The minimum Gasteiger partial charge on any atom is -0.326 e. The maximum absolute atomic E-state index is 13.1. The number of sulfonamides is 1. The fourth-order valence-electron chi connectivity index (χ4n) is 3.18. The molecule has 0 aromatic heterocycles. The molecule has 4 rings (SSSR count). The minimum atomic E-state index is -4.12. The Morgan fingerprint density at radius 2 is 1.52 bits per heavy atom.